The Morgan fingerprint density at radius 1 is 1.15 bits per heavy atom. The fourth-order valence-corrected chi connectivity index (χ4v) is 2.14. The van der Waals surface area contributed by atoms with Crippen molar-refractivity contribution in [1.82, 2.24) is 0 Å². The van der Waals surface area contributed by atoms with Crippen molar-refractivity contribution < 1.29 is 18.2 Å². The number of hydrogen-bond acceptors (Lipinski definition) is 1. The number of hydrogen-bond donors (Lipinski definition) is 1. The fourth-order valence-electron chi connectivity index (χ4n) is 2.14. The summed E-state index contributed by atoms with van der Waals surface area (Å²) in [4.78, 5) is 0. The van der Waals surface area contributed by atoms with Crippen molar-refractivity contribution in [3.8, 4) is 0 Å². The molecule has 5 heteroatoms. The van der Waals surface area contributed by atoms with E-state index in [2.05, 4.69) is 38.2 Å². The van der Waals surface area contributed by atoms with E-state index in [4.69, 9.17) is 20.2 Å². The van der Waals surface area contributed by atoms with E-state index >= 15 is 0 Å². The van der Waals surface area contributed by atoms with Gasteiger partial charge in [0, 0.05) is 6.10 Å². The van der Waals surface area contributed by atoms with E-state index in [-0.39, 0.29) is 32.7 Å². The molecule has 0 saturated carbocycles. The van der Waals surface area contributed by atoms with Crippen molar-refractivity contribution >= 4 is 25.9 Å². The number of benzene rings is 1. The van der Waals surface area contributed by atoms with Crippen LogP contribution in [0.1, 0.15) is 44.4 Å². The van der Waals surface area contributed by atoms with Crippen LogP contribution in [0.5, 0.6) is 0 Å². The van der Waals surface area contributed by atoms with Gasteiger partial charge < -0.3 is 10.4 Å². The molecule has 1 N–H and O–H groups in total. The van der Waals surface area contributed by atoms with Crippen LogP contribution in [0, 0.1) is 20.8 Å². The van der Waals surface area contributed by atoms with E-state index in [0.29, 0.717) is 6.42 Å². The number of aryl methyl sites for hydroxylation is 3. The zero-order valence-corrected chi connectivity index (χ0v) is 14.6. The minimum atomic E-state index is -0.287. The maximum absolute atomic E-state index is 9.32. The molecular weight excluding hydrogens is 337 g/mol. The molecule has 1 rings (SSSR count). The monoisotopic (exact) mass is 362 g/mol. The van der Waals surface area contributed by atoms with Gasteiger partial charge in [0.15, 0.2) is 0 Å². The molecule has 0 aliphatic rings. The van der Waals surface area contributed by atoms with Crippen molar-refractivity contribution in [1.29, 1.82) is 0 Å². The summed E-state index contributed by atoms with van der Waals surface area (Å²) >= 11 is 0.194. The van der Waals surface area contributed by atoms with Gasteiger partial charge in [-0.25, -0.2) is 0 Å². The molecule has 119 valence electrons. The van der Waals surface area contributed by atoms with Crippen LogP contribution in [0.2, 0.25) is 0 Å². The van der Waals surface area contributed by atoms with Gasteiger partial charge in [0.2, 0.25) is 0 Å². The zero-order valence-electron chi connectivity index (χ0n) is 12.0. The van der Waals surface area contributed by atoms with Crippen LogP contribution in [-0.2, 0) is 13.1 Å². The first-order valence-electron chi connectivity index (χ1n) is 6.13. The molecule has 0 heterocycles. The van der Waals surface area contributed by atoms with Crippen molar-refractivity contribution in [2.24, 2.45) is 0 Å². The first-order valence-corrected chi connectivity index (χ1v) is 9.17. The molecule has 1 aromatic rings. The van der Waals surface area contributed by atoms with Gasteiger partial charge in [0.1, 0.15) is 0 Å². The predicted molar refractivity (Wildman–Crippen MR) is 87.9 cm³/mol. The van der Waals surface area contributed by atoms with Gasteiger partial charge in [-0.1, -0.05) is 43.2 Å². The summed E-state index contributed by atoms with van der Waals surface area (Å²) in [5, 5.41) is 14.0. The Balaban J connectivity index is 0. The molecule has 0 bridgehead atoms. The molecule has 0 aliphatic heterocycles. The number of aliphatic hydroxyl groups is 1. The van der Waals surface area contributed by atoms with Crippen LogP contribution >= 0.6 is 20.2 Å². The predicted octanol–water partition coefficient (Wildman–Crippen LogP) is 5.79. The average molecular weight is 363 g/mol. The Morgan fingerprint density at radius 2 is 1.55 bits per heavy atom. The number of rotatable bonds is 4. The molecule has 2 unspecified atom stereocenters. The second-order valence-electron chi connectivity index (χ2n) is 4.86. The normalized spacial score (nSPS) is 12.6. The van der Waals surface area contributed by atoms with E-state index in [1.165, 1.54) is 16.7 Å². The Labute approximate surface area is 138 Å². The van der Waals surface area contributed by atoms with Crippen molar-refractivity contribution in [2.45, 2.75) is 60.6 Å². The first kappa shape index (κ1) is 22.4. The van der Waals surface area contributed by atoms with Gasteiger partial charge in [-0.15, -0.1) is 11.7 Å². The van der Waals surface area contributed by atoms with E-state index in [1.54, 1.807) is 6.92 Å². The van der Waals surface area contributed by atoms with Crippen molar-refractivity contribution in [2.75, 3.05) is 0 Å². The van der Waals surface area contributed by atoms with Crippen LogP contribution in [0.3, 0.4) is 0 Å². The number of aliphatic hydroxyl groups excluding tert-OH is 1. The third-order valence-electron chi connectivity index (χ3n) is 2.67. The Morgan fingerprint density at radius 3 is 1.90 bits per heavy atom. The first-order chi connectivity index (χ1) is 8.81. The van der Waals surface area contributed by atoms with Gasteiger partial charge in [-0.2, -0.15) is 0 Å². The van der Waals surface area contributed by atoms with Crippen LogP contribution in [0.15, 0.2) is 12.1 Å². The van der Waals surface area contributed by atoms with E-state index in [0.717, 1.165) is 5.69 Å². The third-order valence-corrected chi connectivity index (χ3v) is 2.67. The number of nitrogens with zero attached hydrogens (tertiary/aromatic N) is 1. The van der Waals surface area contributed by atoms with Gasteiger partial charge in [-0.3, -0.25) is 0 Å². The molecule has 2 atom stereocenters. The minimum absolute atomic E-state index is 0. The van der Waals surface area contributed by atoms with Gasteiger partial charge in [-0.05, 0) is 34.1 Å². The van der Waals surface area contributed by atoms with E-state index in [1.807, 2.05) is 6.92 Å². The standard InChI is InChI=1S/C14H22NO.CH4.2ClH.Fe/c1-9-6-10(2)14(11(3)7-9)15-12(4)8-13(5)16;;;;/h6-7,12-13,16H,8H2,1-5H3;1H4;2*1H;/q-1;;;;+3/p-2. The quantitative estimate of drug-likeness (QED) is 0.675. The summed E-state index contributed by atoms with van der Waals surface area (Å²) in [6, 6.07) is 4.47. The Kier molecular flexibility index (Phi) is 13.1. The SMILES string of the molecule is C.Cc1cc(C)c([N-]C(C)CC(C)O)c(C)c1.[Cl][Fe+][Cl]. The molecule has 20 heavy (non-hydrogen) atoms. The summed E-state index contributed by atoms with van der Waals surface area (Å²) in [7, 11) is 9.53. The molecule has 0 amide bonds. The Bertz CT molecular complexity index is 363. The summed E-state index contributed by atoms with van der Waals surface area (Å²) < 4.78 is 0. The second-order valence-corrected chi connectivity index (χ2v) is 6.68. The summed E-state index contributed by atoms with van der Waals surface area (Å²) in [6.45, 7) is 10.1. The summed E-state index contributed by atoms with van der Waals surface area (Å²) in [5.74, 6) is 0. The van der Waals surface area contributed by atoms with Gasteiger partial charge >= 0.3 is 33.3 Å². The maximum atomic E-state index is 9.32. The van der Waals surface area contributed by atoms with Crippen LogP contribution < -0.4 is 0 Å². The van der Waals surface area contributed by atoms with Gasteiger partial charge in [0.25, 0.3) is 0 Å². The summed E-state index contributed by atoms with van der Waals surface area (Å²) in [5.41, 5.74) is 4.79. The van der Waals surface area contributed by atoms with Crippen LogP contribution in [0.25, 0.3) is 5.32 Å². The fraction of sp³-hybridized carbons (Fsp3) is 0.600. The average Bonchev–Trinajstić information content (AvgIpc) is 2.23. The molecular formula is C15H26Cl2FeNO. The molecule has 0 spiro atoms. The molecule has 0 radical (unpaired) electrons. The van der Waals surface area contributed by atoms with Gasteiger partial charge in [0.05, 0.1) is 0 Å². The van der Waals surface area contributed by atoms with Crippen LogP contribution in [-0.4, -0.2) is 17.3 Å². The summed E-state index contributed by atoms with van der Waals surface area (Å²) in [6.07, 6.45) is 0.428. The second kappa shape index (κ2) is 11.7. The molecule has 0 aliphatic carbocycles. The molecule has 0 aromatic heterocycles. The molecule has 1 aromatic carbocycles. The van der Waals surface area contributed by atoms with Crippen molar-refractivity contribution in [3.63, 3.8) is 0 Å². The molecule has 2 nitrogen and oxygen atoms in total. The zero-order chi connectivity index (χ0) is 15.0. The topological polar surface area (TPSA) is 34.3 Å². The molecule has 0 saturated heterocycles. The molecule has 0 fully saturated rings. The van der Waals surface area contributed by atoms with Crippen LogP contribution in [0.4, 0.5) is 5.69 Å². The number of halogens is 2. The Hall–Kier alpha value is 0.0795. The van der Waals surface area contributed by atoms with E-state index in [9.17, 15) is 5.11 Å². The van der Waals surface area contributed by atoms with E-state index < -0.39 is 0 Å². The third kappa shape index (κ3) is 9.10. The van der Waals surface area contributed by atoms with Crippen molar-refractivity contribution in [3.05, 3.63) is 34.1 Å².